The summed E-state index contributed by atoms with van der Waals surface area (Å²) in [6.07, 6.45) is 2.27. The number of nitrogens with zero attached hydrogens (tertiary/aromatic N) is 2. The lowest BCUT2D eigenvalue weighted by molar-refractivity contribution is -0.385. The molecule has 0 spiro atoms. The molecule has 0 aliphatic rings. The predicted molar refractivity (Wildman–Crippen MR) is 86.4 cm³/mol. The Bertz CT molecular complexity index is 736. The minimum atomic E-state index is -0.681. The van der Waals surface area contributed by atoms with Gasteiger partial charge in [-0.15, -0.1) is 0 Å². The number of aromatic nitrogens is 1. The normalized spacial score (nSPS) is 10.8. The number of hydrogen-bond acceptors (Lipinski definition) is 3. The molecule has 0 unspecified atom stereocenters. The van der Waals surface area contributed by atoms with Gasteiger partial charge in [0.2, 0.25) is 0 Å². The molecule has 0 saturated carbocycles. The standard InChI is InChI=1S/C11H2Cl6N2O2/c12-6-3(1-18-2-4(6)19(20)21)5-7(13)9(15)11(17)10(16)8(5)14/h1-2H. The number of nitro groups is 1. The zero-order valence-corrected chi connectivity index (χ0v) is 14.2. The van der Waals surface area contributed by atoms with Crippen LogP contribution in [0.15, 0.2) is 12.4 Å². The van der Waals surface area contributed by atoms with Crippen LogP contribution in [-0.4, -0.2) is 9.91 Å². The van der Waals surface area contributed by atoms with Gasteiger partial charge in [0.25, 0.3) is 0 Å². The average Bonchev–Trinajstić information content (AvgIpc) is 2.44. The van der Waals surface area contributed by atoms with Crippen LogP contribution < -0.4 is 0 Å². The van der Waals surface area contributed by atoms with E-state index in [1.807, 2.05) is 0 Å². The lowest BCUT2D eigenvalue weighted by Gasteiger charge is -2.13. The summed E-state index contributed by atoms with van der Waals surface area (Å²) in [6.45, 7) is 0. The van der Waals surface area contributed by atoms with E-state index in [-0.39, 0.29) is 41.3 Å². The summed E-state index contributed by atoms with van der Waals surface area (Å²) in [5.74, 6) is 0. The minimum Gasteiger partial charge on any atom is -0.258 e. The summed E-state index contributed by atoms with van der Waals surface area (Å²) in [7, 11) is 0. The number of pyridine rings is 1. The van der Waals surface area contributed by atoms with Crippen LogP contribution in [0.4, 0.5) is 5.69 Å². The maximum Gasteiger partial charge on any atom is 0.306 e. The van der Waals surface area contributed by atoms with Crippen LogP contribution >= 0.6 is 69.6 Å². The summed E-state index contributed by atoms with van der Waals surface area (Å²) >= 11 is 36.0. The van der Waals surface area contributed by atoms with Gasteiger partial charge in [-0.3, -0.25) is 15.1 Å². The van der Waals surface area contributed by atoms with Gasteiger partial charge in [0.15, 0.2) is 0 Å². The first kappa shape index (κ1) is 16.9. The van der Waals surface area contributed by atoms with Crippen LogP contribution in [0.1, 0.15) is 0 Å². The molecule has 110 valence electrons. The lowest BCUT2D eigenvalue weighted by Crippen LogP contribution is -1.94. The Morgan fingerprint density at radius 1 is 0.810 bits per heavy atom. The van der Waals surface area contributed by atoms with E-state index in [1.165, 1.54) is 6.20 Å². The fourth-order valence-electron chi connectivity index (χ4n) is 1.58. The molecule has 0 atom stereocenters. The largest absolute Gasteiger partial charge is 0.306 e. The summed E-state index contributed by atoms with van der Waals surface area (Å²) < 4.78 is 0. The minimum absolute atomic E-state index is 0.0217. The first-order chi connectivity index (χ1) is 9.77. The van der Waals surface area contributed by atoms with Gasteiger partial charge in [-0.1, -0.05) is 69.6 Å². The summed E-state index contributed by atoms with van der Waals surface area (Å²) in [6, 6.07) is 0. The fourth-order valence-corrected chi connectivity index (χ4v) is 3.18. The summed E-state index contributed by atoms with van der Waals surface area (Å²) in [5, 5.41) is 10.6. The Morgan fingerprint density at radius 3 is 1.76 bits per heavy atom. The van der Waals surface area contributed by atoms with Crippen molar-refractivity contribution < 1.29 is 4.92 Å². The molecule has 21 heavy (non-hydrogen) atoms. The SMILES string of the molecule is O=[N+]([O-])c1cncc(-c2c(Cl)c(Cl)c(Cl)c(Cl)c2Cl)c1Cl. The molecule has 1 aromatic carbocycles. The van der Waals surface area contributed by atoms with Crippen molar-refractivity contribution >= 4 is 75.3 Å². The molecule has 0 aliphatic heterocycles. The van der Waals surface area contributed by atoms with Gasteiger partial charge in [0.1, 0.15) is 11.2 Å². The molecule has 1 aromatic heterocycles. The van der Waals surface area contributed by atoms with Crippen molar-refractivity contribution in [2.75, 3.05) is 0 Å². The van der Waals surface area contributed by atoms with Gasteiger partial charge in [0.05, 0.1) is 30.0 Å². The second-order valence-corrected chi connectivity index (χ2v) is 5.99. The topological polar surface area (TPSA) is 56.0 Å². The molecule has 2 rings (SSSR count). The maximum atomic E-state index is 10.9. The smallest absolute Gasteiger partial charge is 0.258 e. The summed E-state index contributed by atoms with van der Waals surface area (Å²) in [5.41, 5.74) is -0.149. The first-order valence-electron chi connectivity index (χ1n) is 5.07. The van der Waals surface area contributed by atoms with Crippen molar-refractivity contribution in [3.05, 3.63) is 52.6 Å². The molecule has 10 heteroatoms. The molecule has 4 nitrogen and oxygen atoms in total. The molecule has 0 radical (unpaired) electrons. The molecular formula is C11H2Cl6N2O2. The van der Waals surface area contributed by atoms with E-state index in [4.69, 9.17) is 69.6 Å². The van der Waals surface area contributed by atoms with Crippen molar-refractivity contribution in [1.29, 1.82) is 0 Å². The highest BCUT2D eigenvalue weighted by molar-refractivity contribution is 6.56. The molecule has 0 aliphatic carbocycles. The molecule has 0 N–H and O–H groups in total. The Balaban J connectivity index is 2.86. The predicted octanol–water partition coefficient (Wildman–Crippen LogP) is 6.58. The van der Waals surface area contributed by atoms with Gasteiger partial charge in [-0.05, 0) is 0 Å². The van der Waals surface area contributed by atoms with Crippen LogP contribution in [0.2, 0.25) is 30.1 Å². The van der Waals surface area contributed by atoms with E-state index in [9.17, 15) is 10.1 Å². The maximum absolute atomic E-state index is 10.9. The lowest BCUT2D eigenvalue weighted by atomic mass is 10.1. The van der Waals surface area contributed by atoms with Gasteiger partial charge >= 0.3 is 5.69 Å². The third kappa shape index (κ3) is 2.89. The Labute approximate surface area is 148 Å². The molecule has 0 bridgehead atoms. The van der Waals surface area contributed by atoms with Crippen molar-refractivity contribution in [1.82, 2.24) is 4.98 Å². The van der Waals surface area contributed by atoms with Gasteiger partial charge in [-0.2, -0.15) is 0 Å². The molecule has 1 heterocycles. The third-order valence-corrected chi connectivity index (χ3v) is 5.21. The highest BCUT2D eigenvalue weighted by atomic mass is 35.5. The zero-order chi connectivity index (χ0) is 15.9. The third-order valence-electron chi connectivity index (χ3n) is 2.54. The second-order valence-electron chi connectivity index (χ2n) is 3.72. The van der Waals surface area contributed by atoms with E-state index >= 15 is 0 Å². The van der Waals surface area contributed by atoms with Crippen LogP contribution in [0, 0.1) is 10.1 Å². The second kappa shape index (κ2) is 6.32. The molecular weight excluding hydrogens is 405 g/mol. The number of rotatable bonds is 2. The van der Waals surface area contributed by atoms with Crippen LogP contribution in [-0.2, 0) is 0 Å². The van der Waals surface area contributed by atoms with Gasteiger partial charge in [-0.25, -0.2) is 0 Å². The van der Waals surface area contributed by atoms with Crippen LogP contribution in [0.3, 0.4) is 0 Å². The monoisotopic (exact) mass is 404 g/mol. The van der Waals surface area contributed by atoms with Crippen LogP contribution in [0.25, 0.3) is 11.1 Å². The molecule has 0 saturated heterocycles. The van der Waals surface area contributed by atoms with E-state index in [2.05, 4.69) is 4.98 Å². The fraction of sp³-hybridized carbons (Fsp3) is 0. The Hall–Kier alpha value is -0.490. The van der Waals surface area contributed by atoms with Crippen LogP contribution in [0.5, 0.6) is 0 Å². The van der Waals surface area contributed by atoms with E-state index in [1.54, 1.807) is 0 Å². The van der Waals surface area contributed by atoms with Crippen molar-refractivity contribution in [2.24, 2.45) is 0 Å². The van der Waals surface area contributed by atoms with Gasteiger partial charge in [0, 0.05) is 17.3 Å². The average molecular weight is 407 g/mol. The Morgan fingerprint density at radius 2 is 1.29 bits per heavy atom. The molecule has 2 aromatic rings. The molecule has 0 amide bonds. The number of halogens is 6. The highest BCUT2D eigenvalue weighted by Crippen LogP contribution is 2.50. The Kier molecular flexibility index (Phi) is 5.08. The quantitative estimate of drug-likeness (QED) is 0.245. The van der Waals surface area contributed by atoms with E-state index in [0.717, 1.165) is 6.20 Å². The highest BCUT2D eigenvalue weighted by Gasteiger charge is 2.25. The van der Waals surface area contributed by atoms with Gasteiger partial charge < -0.3 is 0 Å². The number of benzene rings is 1. The van der Waals surface area contributed by atoms with Crippen molar-refractivity contribution in [3.8, 4) is 11.1 Å². The van der Waals surface area contributed by atoms with E-state index < -0.39 is 10.6 Å². The van der Waals surface area contributed by atoms with Crippen molar-refractivity contribution in [3.63, 3.8) is 0 Å². The first-order valence-corrected chi connectivity index (χ1v) is 7.33. The van der Waals surface area contributed by atoms with E-state index in [0.29, 0.717) is 0 Å². The molecule has 0 fully saturated rings. The summed E-state index contributed by atoms with van der Waals surface area (Å²) in [4.78, 5) is 14.0. The van der Waals surface area contributed by atoms with Crippen molar-refractivity contribution in [2.45, 2.75) is 0 Å². The zero-order valence-electron chi connectivity index (χ0n) is 9.63. The number of hydrogen-bond donors (Lipinski definition) is 0.